The summed E-state index contributed by atoms with van der Waals surface area (Å²) in [6, 6.07) is 2.80. The third-order valence-corrected chi connectivity index (χ3v) is 3.25. The number of ether oxygens (including phenoxy) is 1. The van der Waals surface area contributed by atoms with Gasteiger partial charge in [0.1, 0.15) is 23.2 Å². The van der Waals surface area contributed by atoms with E-state index in [1.807, 2.05) is 0 Å². The molecule has 0 radical (unpaired) electrons. The summed E-state index contributed by atoms with van der Waals surface area (Å²) in [5.41, 5.74) is -0.423. The molecule has 0 spiro atoms. The summed E-state index contributed by atoms with van der Waals surface area (Å²) in [5.74, 6) is -2.34. The summed E-state index contributed by atoms with van der Waals surface area (Å²) in [6.45, 7) is 2.65. The highest BCUT2D eigenvalue weighted by Gasteiger charge is 2.35. The van der Waals surface area contributed by atoms with E-state index in [9.17, 15) is 19.1 Å². The lowest BCUT2D eigenvalue weighted by Gasteiger charge is -2.34. The number of benzene rings is 1. The SMILES string of the molecule is CCNC(=O)C1COCCN1C(=O)c1c(O)cccc1F. The van der Waals surface area contributed by atoms with Crippen molar-refractivity contribution in [2.75, 3.05) is 26.3 Å². The van der Waals surface area contributed by atoms with E-state index >= 15 is 0 Å². The quantitative estimate of drug-likeness (QED) is 0.852. The third-order valence-electron chi connectivity index (χ3n) is 3.25. The zero-order chi connectivity index (χ0) is 15.4. The summed E-state index contributed by atoms with van der Waals surface area (Å²) in [4.78, 5) is 25.7. The van der Waals surface area contributed by atoms with Crippen molar-refractivity contribution in [3.63, 3.8) is 0 Å². The Bertz CT molecular complexity index is 530. The van der Waals surface area contributed by atoms with Crippen molar-refractivity contribution in [1.82, 2.24) is 10.2 Å². The standard InChI is InChI=1S/C14H17FN2O4/c1-2-16-13(19)10-8-21-7-6-17(10)14(20)12-9(15)4-3-5-11(12)18/h3-5,10,18H,2,6-8H2,1H3,(H,16,19). The van der Waals surface area contributed by atoms with E-state index in [1.165, 1.54) is 17.0 Å². The molecule has 1 aliphatic heterocycles. The number of rotatable bonds is 3. The average molecular weight is 296 g/mol. The molecule has 2 amide bonds. The summed E-state index contributed by atoms with van der Waals surface area (Å²) in [7, 11) is 0. The normalized spacial score (nSPS) is 18.4. The number of carbonyl (C=O) groups excluding carboxylic acids is 2. The summed E-state index contributed by atoms with van der Waals surface area (Å²) in [5, 5.41) is 12.3. The van der Waals surface area contributed by atoms with Crippen LogP contribution in [-0.2, 0) is 9.53 Å². The highest BCUT2D eigenvalue weighted by molar-refractivity contribution is 6.00. The van der Waals surface area contributed by atoms with Gasteiger partial charge in [0.15, 0.2) is 0 Å². The van der Waals surface area contributed by atoms with Gasteiger partial charge in [-0.2, -0.15) is 0 Å². The minimum absolute atomic E-state index is 0.0484. The van der Waals surface area contributed by atoms with E-state index in [2.05, 4.69) is 5.32 Å². The van der Waals surface area contributed by atoms with Gasteiger partial charge in [-0.25, -0.2) is 4.39 Å². The van der Waals surface area contributed by atoms with Crippen LogP contribution >= 0.6 is 0 Å². The van der Waals surface area contributed by atoms with Gasteiger partial charge in [-0.15, -0.1) is 0 Å². The monoisotopic (exact) mass is 296 g/mol. The van der Waals surface area contributed by atoms with Crippen LogP contribution in [0.15, 0.2) is 18.2 Å². The lowest BCUT2D eigenvalue weighted by molar-refractivity contribution is -0.130. The van der Waals surface area contributed by atoms with Crippen LogP contribution in [0.1, 0.15) is 17.3 Å². The Hall–Kier alpha value is -2.15. The molecule has 1 fully saturated rings. The summed E-state index contributed by atoms with van der Waals surface area (Å²) < 4.78 is 19.0. The van der Waals surface area contributed by atoms with E-state index < -0.39 is 29.1 Å². The zero-order valence-corrected chi connectivity index (χ0v) is 11.6. The van der Waals surface area contributed by atoms with Crippen molar-refractivity contribution in [3.8, 4) is 5.75 Å². The van der Waals surface area contributed by atoms with Gasteiger partial charge in [-0.3, -0.25) is 9.59 Å². The van der Waals surface area contributed by atoms with Gasteiger partial charge in [0.05, 0.1) is 13.2 Å². The summed E-state index contributed by atoms with van der Waals surface area (Å²) >= 11 is 0. The lowest BCUT2D eigenvalue weighted by Crippen LogP contribution is -2.56. The molecule has 1 aromatic rings. The van der Waals surface area contributed by atoms with E-state index in [0.29, 0.717) is 6.54 Å². The van der Waals surface area contributed by atoms with E-state index in [0.717, 1.165) is 6.07 Å². The molecular weight excluding hydrogens is 279 g/mol. The molecule has 1 saturated heterocycles. The molecule has 0 saturated carbocycles. The van der Waals surface area contributed by atoms with Crippen molar-refractivity contribution >= 4 is 11.8 Å². The minimum Gasteiger partial charge on any atom is -0.507 e. The van der Waals surface area contributed by atoms with Gasteiger partial charge < -0.3 is 20.1 Å². The maximum Gasteiger partial charge on any atom is 0.261 e. The van der Waals surface area contributed by atoms with Crippen LogP contribution in [-0.4, -0.2) is 54.2 Å². The minimum atomic E-state index is -0.829. The van der Waals surface area contributed by atoms with Crippen LogP contribution in [0.2, 0.25) is 0 Å². The first-order chi connectivity index (χ1) is 10.1. The molecule has 2 N–H and O–H groups in total. The number of aromatic hydroxyl groups is 1. The number of nitrogens with zero attached hydrogens (tertiary/aromatic N) is 1. The largest absolute Gasteiger partial charge is 0.507 e. The predicted octanol–water partition coefficient (Wildman–Crippen LogP) is 0.508. The maximum atomic E-state index is 13.8. The average Bonchev–Trinajstić information content (AvgIpc) is 2.47. The first kappa shape index (κ1) is 15.2. The molecule has 1 aliphatic rings. The number of phenols is 1. The highest BCUT2D eigenvalue weighted by atomic mass is 19.1. The molecule has 6 nitrogen and oxygen atoms in total. The second kappa shape index (κ2) is 6.53. The topological polar surface area (TPSA) is 78.9 Å². The molecule has 1 aromatic carbocycles. The van der Waals surface area contributed by atoms with Crippen LogP contribution in [0.5, 0.6) is 5.75 Å². The van der Waals surface area contributed by atoms with Crippen molar-refractivity contribution < 1.29 is 23.8 Å². The van der Waals surface area contributed by atoms with Crippen molar-refractivity contribution in [2.45, 2.75) is 13.0 Å². The first-order valence-electron chi connectivity index (χ1n) is 6.70. The fourth-order valence-electron chi connectivity index (χ4n) is 2.22. The Balaban J connectivity index is 2.29. The molecule has 0 aliphatic carbocycles. The smallest absolute Gasteiger partial charge is 0.261 e. The number of hydrogen-bond acceptors (Lipinski definition) is 4. The van der Waals surface area contributed by atoms with E-state index in [-0.39, 0.29) is 25.7 Å². The fraction of sp³-hybridized carbons (Fsp3) is 0.429. The molecule has 0 bridgehead atoms. The lowest BCUT2D eigenvalue weighted by atomic mass is 10.1. The van der Waals surface area contributed by atoms with E-state index in [1.54, 1.807) is 6.92 Å². The summed E-state index contributed by atoms with van der Waals surface area (Å²) in [6.07, 6.45) is 0. The number of phenolic OH excluding ortho intramolecular Hbond substituents is 1. The Labute approximate surface area is 121 Å². The van der Waals surface area contributed by atoms with Crippen LogP contribution < -0.4 is 5.32 Å². The van der Waals surface area contributed by atoms with Crippen LogP contribution in [0.4, 0.5) is 4.39 Å². The van der Waals surface area contributed by atoms with Crippen LogP contribution in [0, 0.1) is 5.82 Å². The molecule has 1 unspecified atom stereocenters. The molecule has 0 aromatic heterocycles. The van der Waals surface area contributed by atoms with Crippen LogP contribution in [0.3, 0.4) is 0 Å². The maximum absolute atomic E-state index is 13.8. The highest BCUT2D eigenvalue weighted by Crippen LogP contribution is 2.23. The molecule has 7 heteroatoms. The molecule has 21 heavy (non-hydrogen) atoms. The predicted molar refractivity (Wildman–Crippen MR) is 72.4 cm³/mol. The number of morpholine rings is 1. The van der Waals surface area contributed by atoms with Gasteiger partial charge in [-0.1, -0.05) is 6.07 Å². The third kappa shape index (κ3) is 3.13. The molecule has 114 valence electrons. The molecule has 1 heterocycles. The number of likely N-dealkylation sites (N-methyl/N-ethyl adjacent to an activating group) is 1. The molecular formula is C14H17FN2O4. The number of nitrogens with one attached hydrogen (secondary N) is 1. The van der Waals surface area contributed by atoms with E-state index in [4.69, 9.17) is 4.74 Å². The molecule has 1 atom stereocenters. The Kier molecular flexibility index (Phi) is 4.74. The van der Waals surface area contributed by atoms with Gasteiger partial charge in [0.2, 0.25) is 5.91 Å². The Morgan fingerprint density at radius 2 is 2.29 bits per heavy atom. The second-order valence-electron chi connectivity index (χ2n) is 4.62. The second-order valence-corrected chi connectivity index (χ2v) is 4.62. The van der Waals surface area contributed by atoms with Crippen molar-refractivity contribution in [1.29, 1.82) is 0 Å². The van der Waals surface area contributed by atoms with Crippen molar-refractivity contribution in [3.05, 3.63) is 29.6 Å². The van der Waals surface area contributed by atoms with Gasteiger partial charge >= 0.3 is 0 Å². The number of hydrogen-bond donors (Lipinski definition) is 2. The molecule has 2 rings (SSSR count). The van der Waals surface area contributed by atoms with Crippen molar-refractivity contribution in [2.24, 2.45) is 0 Å². The Morgan fingerprint density at radius 1 is 1.52 bits per heavy atom. The van der Waals surface area contributed by atoms with Gasteiger partial charge in [0.25, 0.3) is 5.91 Å². The zero-order valence-electron chi connectivity index (χ0n) is 11.6. The van der Waals surface area contributed by atoms with Gasteiger partial charge in [-0.05, 0) is 19.1 Å². The fourth-order valence-corrected chi connectivity index (χ4v) is 2.22. The van der Waals surface area contributed by atoms with Crippen LogP contribution in [0.25, 0.3) is 0 Å². The number of carbonyl (C=O) groups is 2. The Morgan fingerprint density at radius 3 is 2.95 bits per heavy atom. The number of amides is 2. The first-order valence-corrected chi connectivity index (χ1v) is 6.70. The van der Waals surface area contributed by atoms with Gasteiger partial charge in [0, 0.05) is 13.1 Å². The number of halogens is 1.